The number of hydrogen-bond acceptors (Lipinski definition) is 5. The number of amides is 2. The lowest BCUT2D eigenvalue weighted by molar-refractivity contribution is 0.0690. The Morgan fingerprint density at radius 3 is 2.41 bits per heavy atom. The van der Waals surface area contributed by atoms with Crippen molar-refractivity contribution in [2.75, 3.05) is 30.0 Å². The standard InChI is InChI=1S/C27H28N3O6P/c31-26(29-14-12-20(13-15-29)16-19-6-2-1-3-7-19)21-10-11-24-25(17-21)30(18-36-37(33,34)35)27(32)22-8-4-5-9-23(22)28-24/h1-11,17,20,28H,12-16,18H2,(H2,33,34,35). The van der Waals surface area contributed by atoms with Crippen molar-refractivity contribution in [2.45, 2.75) is 19.3 Å². The van der Waals surface area contributed by atoms with Crippen LogP contribution < -0.4 is 10.2 Å². The van der Waals surface area contributed by atoms with Crippen molar-refractivity contribution in [2.24, 2.45) is 5.92 Å². The van der Waals surface area contributed by atoms with Crippen LogP contribution in [-0.4, -0.2) is 46.3 Å². The fraction of sp³-hybridized carbons (Fsp3) is 0.259. The number of fused-ring (bicyclic) bond motifs is 2. The number of para-hydroxylation sites is 1. The highest BCUT2D eigenvalue weighted by molar-refractivity contribution is 7.46. The van der Waals surface area contributed by atoms with E-state index in [1.165, 1.54) is 5.56 Å². The summed E-state index contributed by atoms with van der Waals surface area (Å²) in [7, 11) is -4.84. The minimum Gasteiger partial charge on any atom is -0.353 e. The molecule has 3 aromatic rings. The highest BCUT2D eigenvalue weighted by atomic mass is 31.2. The lowest BCUT2D eigenvalue weighted by Crippen LogP contribution is -2.39. The predicted octanol–water partition coefficient (Wildman–Crippen LogP) is 4.55. The summed E-state index contributed by atoms with van der Waals surface area (Å²) < 4.78 is 16.1. The molecule has 1 fully saturated rings. The lowest BCUT2D eigenvalue weighted by Gasteiger charge is -2.32. The molecule has 0 unspecified atom stereocenters. The molecule has 0 atom stereocenters. The topological polar surface area (TPSA) is 119 Å². The van der Waals surface area contributed by atoms with E-state index >= 15 is 0 Å². The van der Waals surface area contributed by atoms with Crippen LogP contribution in [0.2, 0.25) is 0 Å². The zero-order valence-corrected chi connectivity index (χ0v) is 21.0. The molecule has 0 spiro atoms. The number of rotatable bonds is 6. The van der Waals surface area contributed by atoms with Gasteiger partial charge >= 0.3 is 7.82 Å². The molecule has 2 amide bonds. The Bertz CT molecular complexity index is 1350. The smallest absolute Gasteiger partial charge is 0.353 e. The van der Waals surface area contributed by atoms with Crippen LogP contribution in [0.4, 0.5) is 17.1 Å². The molecule has 5 rings (SSSR count). The van der Waals surface area contributed by atoms with Crippen LogP contribution in [0.25, 0.3) is 0 Å². The zero-order chi connectivity index (χ0) is 26.0. The quantitative estimate of drug-likeness (QED) is 0.407. The average Bonchev–Trinajstić information content (AvgIpc) is 3.01. The van der Waals surface area contributed by atoms with Crippen molar-refractivity contribution < 1.29 is 28.5 Å². The molecule has 37 heavy (non-hydrogen) atoms. The number of carbonyl (C=O) groups excluding carboxylic acids is 2. The van der Waals surface area contributed by atoms with Gasteiger partial charge in [-0.1, -0.05) is 42.5 Å². The first kappa shape index (κ1) is 25.2. The minimum atomic E-state index is -4.84. The van der Waals surface area contributed by atoms with Crippen LogP contribution in [0.15, 0.2) is 72.8 Å². The van der Waals surface area contributed by atoms with Crippen molar-refractivity contribution in [3.05, 3.63) is 89.5 Å². The van der Waals surface area contributed by atoms with Gasteiger partial charge in [0, 0.05) is 18.7 Å². The molecule has 3 N–H and O–H groups in total. The summed E-state index contributed by atoms with van der Waals surface area (Å²) in [5, 5.41) is 3.20. The normalized spacial score (nSPS) is 16.0. The first-order valence-corrected chi connectivity index (χ1v) is 13.7. The number of likely N-dealkylation sites (tertiary alicyclic amines) is 1. The molecule has 10 heteroatoms. The van der Waals surface area contributed by atoms with E-state index in [4.69, 9.17) is 4.52 Å². The van der Waals surface area contributed by atoms with E-state index in [0.717, 1.165) is 24.2 Å². The van der Waals surface area contributed by atoms with Crippen molar-refractivity contribution in [1.82, 2.24) is 4.90 Å². The number of nitrogens with zero attached hydrogens (tertiary/aromatic N) is 2. The maximum absolute atomic E-state index is 13.4. The van der Waals surface area contributed by atoms with Crippen molar-refractivity contribution in [1.29, 1.82) is 0 Å². The summed E-state index contributed by atoms with van der Waals surface area (Å²) in [5.74, 6) is -0.133. The number of hydrogen-bond donors (Lipinski definition) is 3. The number of piperidine rings is 1. The maximum atomic E-state index is 13.4. The molecule has 0 radical (unpaired) electrons. The second-order valence-electron chi connectivity index (χ2n) is 9.31. The summed E-state index contributed by atoms with van der Waals surface area (Å²) in [6.45, 7) is 0.608. The van der Waals surface area contributed by atoms with Crippen LogP contribution in [0, 0.1) is 5.92 Å². The summed E-state index contributed by atoms with van der Waals surface area (Å²) in [6.07, 6.45) is 2.80. The van der Waals surface area contributed by atoms with E-state index in [0.29, 0.717) is 47.2 Å². The van der Waals surface area contributed by atoms with Gasteiger partial charge in [0.1, 0.15) is 6.73 Å². The molecule has 1 saturated heterocycles. The molecule has 0 bridgehead atoms. The lowest BCUT2D eigenvalue weighted by atomic mass is 9.90. The van der Waals surface area contributed by atoms with Gasteiger partial charge in [-0.25, -0.2) is 4.57 Å². The number of nitrogens with one attached hydrogen (secondary N) is 1. The van der Waals surface area contributed by atoms with Crippen molar-refractivity contribution >= 4 is 36.7 Å². The average molecular weight is 522 g/mol. The molecule has 0 aromatic heterocycles. The Kier molecular flexibility index (Phi) is 7.13. The summed E-state index contributed by atoms with van der Waals surface area (Å²) >= 11 is 0. The molecular formula is C27H28N3O6P. The highest BCUT2D eigenvalue weighted by Gasteiger charge is 2.31. The third-order valence-corrected chi connectivity index (χ3v) is 7.28. The van der Waals surface area contributed by atoms with E-state index in [2.05, 4.69) is 17.4 Å². The van der Waals surface area contributed by atoms with Crippen LogP contribution in [-0.2, 0) is 15.5 Å². The largest absolute Gasteiger partial charge is 0.471 e. The fourth-order valence-corrected chi connectivity index (χ4v) is 5.17. The van der Waals surface area contributed by atoms with E-state index in [1.54, 1.807) is 42.5 Å². The molecule has 0 aliphatic carbocycles. The summed E-state index contributed by atoms with van der Waals surface area (Å²) in [4.78, 5) is 48.2. The second kappa shape index (κ2) is 10.5. The van der Waals surface area contributed by atoms with Crippen molar-refractivity contribution in [3.8, 4) is 0 Å². The van der Waals surface area contributed by atoms with Crippen LogP contribution in [0.1, 0.15) is 39.1 Å². The number of carbonyl (C=O) groups is 2. The van der Waals surface area contributed by atoms with E-state index in [9.17, 15) is 23.9 Å². The fourth-order valence-electron chi connectivity index (χ4n) is 4.90. The number of phosphoric ester groups is 1. The van der Waals surface area contributed by atoms with Crippen LogP contribution in [0.3, 0.4) is 0 Å². The molecule has 2 heterocycles. The van der Waals surface area contributed by atoms with Gasteiger partial charge in [0.15, 0.2) is 0 Å². The number of phosphoric acid groups is 1. The van der Waals surface area contributed by atoms with Crippen LogP contribution >= 0.6 is 7.82 Å². The van der Waals surface area contributed by atoms with E-state index < -0.39 is 20.5 Å². The monoisotopic (exact) mass is 521 g/mol. The third kappa shape index (κ3) is 5.76. The number of anilines is 3. The third-order valence-electron chi connectivity index (χ3n) is 6.83. The Labute approximate surface area is 214 Å². The maximum Gasteiger partial charge on any atom is 0.471 e. The predicted molar refractivity (Wildman–Crippen MR) is 140 cm³/mol. The molecule has 3 aromatic carbocycles. The Morgan fingerprint density at radius 2 is 1.68 bits per heavy atom. The molecule has 9 nitrogen and oxygen atoms in total. The Balaban J connectivity index is 1.36. The minimum absolute atomic E-state index is 0.147. The van der Waals surface area contributed by atoms with Gasteiger partial charge in [-0.05, 0) is 61.1 Å². The van der Waals surface area contributed by atoms with Crippen LogP contribution in [0.5, 0.6) is 0 Å². The van der Waals surface area contributed by atoms with Gasteiger partial charge in [0.05, 0.1) is 22.6 Å². The van der Waals surface area contributed by atoms with E-state index in [1.807, 2.05) is 23.1 Å². The SMILES string of the molecule is O=C(c1ccc2c(c1)N(COP(=O)(O)O)C(=O)c1ccccc1N2)N1CCC(Cc2ccccc2)CC1. The Hall–Kier alpha value is -3.49. The van der Waals surface area contributed by atoms with E-state index in [-0.39, 0.29) is 5.91 Å². The molecule has 192 valence electrons. The summed E-state index contributed by atoms with van der Waals surface area (Å²) in [6, 6.07) is 22.2. The molecular weight excluding hydrogens is 493 g/mol. The molecule has 2 aliphatic heterocycles. The first-order valence-electron chi connectivity index (χ1n) is 12.1. The van der Waals surface area contributed by atoms with Gasteiger partial charge in [0.25, 0.3) is 11.8 Å². The first-order chi connectivity index (χ1) is 17.8. The summed E-state index contributed by atoms with van der Waals surface area (Å²) in [5.41, 5.74) is 3.38. The molecule has 2 aliphatic rings. The van der Waals surface area contributed by atoms with Gasteiger partial charge in [-0.3, -0.25) is 19.0 Å². The van der Waals surface area contributed by atoms with Gasteiger partial charge in [-0.2, -0.15) is 0 Å². The van der Waals surface area contributed by atoms with Crippen molar-refractivity contribution in [3.63, 3.8) is 0 Å². The Morgan fingerprint density at radius 1 is 0.973 bits per heavy atom. The van der Waals surface area contributed by atoms with Gasteiger partial charge in [-0.15, -0.1) is 0 Å². The zero-order valence-electron chi connectivity index (χ0n) is 20.1. The van der Waals surface area contributed by atoms with Gasteiger partial charge < -0.3 is 20.0 Å². The highest BCUT2D eigenvalue weighted by Crippen LogP contribution is 2.40. The molecule has 0 saturated carbocycles. The number of benzene rings is 3. The van der Waals surface area contributed by atoms with Gasteiger partial charge in [0.2, 0.25) is 0 Å². The second-order valence-corrected chi connectivity index (χ2v) is 10.5.